The van der Waals surface area contributed by atoms with E-state index in [1.165, 1.54) is 12.4 Å². The van der Waals surface area contributed by atoms with E-state index in [1.54, 1.807) is 24.5 Å². The van der Waals surface area contributed by atoms with Gasteiger partial charge in [-0.05, 0) is 31.2 Å². The van der Waals surface area contributed by atoms with Crippen LogP contribution in [-0.4, -0.2) is 29.9 Å². The third-order valence-corrected chi connectivity index (χ3v) is 5.13. The summed E-state index contributed by atoms with van der Waals surface area (Å²) in [6.45, 7) is 1.97. The van der Waals surface area contributed by atoms with E-state index in [-0.39, 0.29) is 6.04 Å². The number of anilines is 1. The summed E-state index contributed by atoms with van der Waals surface area (Å²) in [5.41, 5.74) is 3.70. The minimum absolute atomic E-state index is 0.234. The minimum atomic E-state index is -0.574. The van der Waals surface area contributed by atoms with Crippen LogP contribution in [0.3, 0.4) is 0 Å². The lowest BCUT2D eigenvalue weighted by Crippen LogP contribution is -2.11. The standard InChI is InChI=1S/C21H15ClFN7/c1-11(28-21-19-20(25-9-24-19)26-10-27-21)13-8-12-4-2-5-14(22)17(12)30-18(13)15-6-3-7-16(23)29-15/h2-11H,1H3,(H2,24,25,26,27,28). The van der Waals surface area contributed by atoms with Crippen LogP contribution in [-0.2, 0) is 0 Å². The predicted molar refractivity (Wildman–Crippen MR) is 114 cm³/mol. The van der Waals surface area contributed by atoms with E-state index in [2.05, 4.69) is 30.2 Å². The van der Waals surface area contributed by atoms with Crippen molar-refractivity contribution in [3.8, 4) is 11.4 Å². The highest BCUT2D eigenvalue weighted by atomic mass is 35.5. The summed E-state index contributed by atoms with van der Waals surface area (Å²) in [7, 11) is 0. The fourth-order valence-electron chi connectivity index (χ4n) is 3.41. The summed E-state index contributed by atoms with van der Waals surface area (Å²) in [6, 6.07) is 12.0. The van der Waals surface area contributed by atoms with E-state index >= 15 is 0 Å². The van der Waals surface area contributed by atoms with Crippen LogP contribution in [0, 0.1) is 5.95 Å². The van der Waals surface area contributed by atoms with Gasteiger partial charge in [-0.25, -0.2) is 24.9 Å². The molecule has 5 rings (SSSR count). The molecule has 9 heteroatoms. The Morgan fingerprint density at radius 2 is 1.93 bits per heavy atom. The molecule has 1 atom stereocenters. The molecule has 0 radical (unpaired) electrons. The third kappa shape index (κ3) is 3.21. The maximum absolute atomic E-state index is 13.9. The van der Waals surface area contributed by atoms with Gasteiger partial charge in [-0.15, -0.1) is 0 Å². The van der Waals surface area contributed by atoms with Gasteiger partial charge in [0.25, 0.3) is 0 Å². The molecule has 148 valence electrons. The van der Waals surface area contributed by atoms with Crippen LogP contribution >= 0.6 is 11.6 Å². The number of hydrogen-bond acceptors (Lipinski definition) is 6. The van der Waals surface area contributed by atoms with Gasteiger partial charge in [0.15, 0.2) is 11.5 Å². The van der Waals surface area contributed by atoms with Crippen molar-refractivity contribution in [2.24, 2.45) is 0 Å². The normalized spacial score (nSPS) is 12.4. The van der Waals surface area contributed by atoms with Crippen molar-refractivity contribution >= 4 is 39.5 Å². The second-order valence-corrected chi connectivity index (χ2v) is 7.18. The molecule has 30 heavy (non-hydrogen) atoms. The van der Waals surface area contributed by atoms with Crippen molar-refractivity contribution in [2.75, 3.05) is 5.32 Å². The summed E-state index contributed by atoms with van der Waals surface area (Å²) in [5.74, 6) is 0.0319. The first-order chi connectivity index (χ1) is 14.6. The number of aromatic nitrogens is 6. The number of nitrogens with zero attached hydrogens (tertiary/aromatic N) is 5. The maximum Gasteiger partial charge on any atom is 0.213 e. The molecule has 0 aliphatic heterocycles. The topological polar surface area (TPSA) is 92.3 Å². The highest BCUT2D eigenvalue weighted by molar-refractivity contribution is 6.35. The van der Waals surface area contributed by atoms with Crippen molar-refractivity contribution in [1.29, 1.82) is 0 Å². The van der Waals surface area contributed by atoms with E-state index in [1.807, 2.05) is 25.1 Å². The Labute approximate surface area is 175 Å². The monoisotopic (exact) mass is 419 g/mol. The zero-order valence-electron chi connectivity index (χ0n) is 15.8. The highest BCUT2D eigenvalue weighted by Crippen LogP contribution is 2.33. The van der Waals surface area contributed by atoms with Gasteiger partial charge in [-0.1, -0.05) is 29.8 Å². The summed E-state index contributed by atoms with van der Waals surface area (Å²) in [4.78, 5) is 24.4. The van der Waals surface area contributed by atoms with E-state index < -0.39 is 5.95 Å². The fraction of sp³-hybridized carbons (Fsp3) is 0.0952. The molecule has 0 amide bonds. The molecule has 0 spiro atoms. The molecule has 2 N–H and O–H groups in total. The number of benzene rings is 1. The highest BCUT2D eigenvalue weighted by Gasteiger charge is 2.19. The van der Waals surface area contributed by atoms with Crippen molar-refractivity contribution in [3.63, 3.8) is 0 Å². The van der Waals surface area contributed by atoms with Crippen molar-refractivity contribution in [2.45, 2.75) is 13.0 Å². The Kier molecular flexibility index (Phi) is 4.48. The number of hydrogen-bond donors (Lipinski definition) is 2. The fourth-order valence-corrected chi connectivity index (χ4v) is 3.64. The second-order valence-electron chi connectivity index (χ2n) is 6.77. The van der Waals surface area contributed by atoms with E-state index in [0.29, 0.717) is 38.9 Å². The van der Waals surface area contributed by atoms with Crippen molar-refractivity contribution in [3.05, 3.63) is 71.7 Å². The van der Waals surface area contributed by atoms with Gasteiger partial charge >= 0.3 is 0 Å². The molecular weight excluding hydrogens is 405 g/mol. The largest absolute Gasteiger partial charge is 0.362 e. The number of pyridine rings is 2. The first kappa shape index (κ1) is 18.4. The summed E-state index contributed by atoms with van der Waals surface area (Å²) < 4.78 is 13.9. The van der Waals surface area contributed by atoms with Gasteiger partial charge in [-0.3, -0.25) is 0 Å². The molecule has 0 fully saturated rings. The molecule has 1 unspecified atom stereocenters. The Balaban J connectivity index is 1.66. The Morgan fingerprint density at radius 3 is 2.80 bits per heavy atom. The van der Waals surface area contributed by atoms with E-state index in [9.17, 15) is 4.39 Å². The maximum atomic E-state index is 13.9. The molecule has 4 aromatic heterocycles. The number of fused-ring (bicyclic) bond motifs is 2. The van der Waals surface area contributed by atoms with Gasteiger partial charge in [0.2, 0.25) is 5.95 Å². The summed E-state index contributed by atoms with van der Waals surface area (Å²) in [6.07, 6.45) is 3.02. The van der Waals surface area contributed by atoms with E-state index in [4.69, 9.17) is 16.6 Å². The van der Waals surface area contributed by atoms with Gasteiger partial charge in [0.1, 0.15) is 11.8 Å². The lowest BCUT2D eigenvalue weighted by atomic mass is 10.0. The van der Waals surface area contributed by atoms with Crippen LogP contribution in [0.4, 0.5) is 10.2 Å². The predicted octanol–water partition coefficient (Wildman–Crippen LogP) is 4.93. The van der Waals surface area contributed by atoms with Crippen LogP contribution in [0.2, 0.25) is 5.02 Å². The molecule has 0 aliphatic carbocycles. The average molecular weight is 420 g/mol. The molecule has 0 saturated heterocycles. The molecule has 0 aliphatic rings. The third-order valence-electron chi connectivity index (χ3n) is 4.83. The van der Waals surface area contributed by atoms with Gasteiger partial charge < -0.3 is 10.3 Å². The van der Waals surface area contributed by atoms with E-state index in [0.717, 1.165) is 10.9 Å². The second kappa shape index (κ2) is 7.31. The van der Waals surface area contributed by atoms with Gasteiger partial charge in [-0.2, -0.15) is 4.39 Å². The van der Waals surface area contributed by atoms with Gasteiger partial charge in [0.05, 0.1) is 34.3 Å². The lowest BCUT2D eigenvalue weighted by molar-refractivity contribution is 0.585. The molecule has 5 aromatic rings. The molecule has 0 bridgehead atoms. The average Bonchev–Trinajstić information content (AvgIpc) is 3.23. The molecular formula is C21H15ClFN7. The van der Waals surface area contributed by atoms with Crippen LogP contribution in [0.1, 0.15) is 18.5 Å². The summed E-state index contributed by atoms with van der Waals surface area (Å²) >= 11 is 6.36. The van der Waals surface area contributed by atoms with Crippen LogP contribution < -0.4 is 5.32 Å². The number of H-pyrrole nitrogens is 1. The smallest absolute Gasteiger partial charge is 0.213 e. The quantitative estimate of drug-likeness (QED) is 0.401. The number of rotatable bonds is 4. The minimum Gasteiger partial charge on any atom is -0.362 e. The Morgan fingerprint density at radius 1 is 1.07 bits per heavy atom. The zero-order chi connectivity index (χ0) is 20.7. The number of halogens is 2. The van der Waals surface area contributed by atoms with Crippen LogP contribution in [0.25, 0.3) is 33.5 Å². The first-order valence-electron chi connectivity index (χ1n) is 9.23. The summed E-state index contributed by atoms with van der Waals surface area (Å²) in [5, 5.41) is 4.77. The number of para-hydroxylation sites is 1. The number of aromatic amines is 1. The lowest BCUT2D eigenvalue weighted by Gasteiger charge is -2.19. The molecule has 0 saturated carbocycles. The number of nitrogens with one attached hydrogen (secondary N) is 2. The van der Waals surface area contributed by atoms with Crippen molar-refractivity contribution < 1.29 is 4.39 Å². The first-order valence-corrected chi connectivity index (χ1v) is 9.60. The Hall–Kier alpha value is -3.65. The molecule has 1 aromatic carbocycles. The van der Waals surface area contributed by atoms with Crippen LogP contribution in [0.15, 0.2) is 55.1 Å². The molecule has 7 nitrogen and oxygen atoms in total. The molecule has 4 heterocycles. The van der Waals surface area contributed by atoms with Gasteiger partial charge in [0, 0.05) is 10.9 Å². The SMILES string of the molecule is CC(Nc1ncnc2nc[nH]c12)c1cc2cccc(Cl)c2nc1-c1cccc(F)n1. The van der Waals surface area contributed by atoms with Crippen LogP contribution in [0.5, 0.6) is 0 Å². The Bertz CT molecular complexity index is 1380. The number of imidazole rings is 1. The zero-order valence-corrected chi connectivity index (χ0v) is 16.5. The van der Waals surface area contributed by atoms with Crippen molar-refractivity contribution in [1.82, 2.24) is 29.9 Å².